The summed E-state index contributed by atoms with van der Waals surface area (Å²) in [6, 6.07) is 3.09. The molecule has 4 heteroatoms. The summed E-state index contributed by atoms with van der Waals surface area (Å²) in [4.78, 5) is 0. The van der Waals surface area contributed by atoms with E-state index in [1.165, 1.54) is 6.07 Å². The standard InChI is InChI=1S/C12H18F2N2/c1-8(2)7-16-12(6-15)10-5-9(13)3-4-11(10)14/h3-5,8,12,16H,6-7,15H2,1-2H3. The van der Waals surface area contributed by atoms with Gasteiger partial charge in [0.25, 0.3) is 0 Å². The van der Waals surface area contributed by atoms with Gasteiger partial charge in [-0.15, -0.1) is 0 Å². The molecule has 0 heterocycles. The van der Waals surface area contributed by atoms with Gasteiger partial charge in [0.1, 0.15) is 11.6 Å². The van der Waals surface area contributed by atoms with Crippen LogP contribution < -0.4 is 11.1 Å². The maximum atomic E-state index is 13.5. The van der Waals surface area contributed by atoms with E-state index in [1.807, 2.05) is 13.8 Å². The molecule has 16 heavy (non-hydrogen) atoms. The summed E-state index contributed by atoms with van der Waals surface area (Å²) in [6.07, 6.45) is 0. The molecule has 0 fully saturated rings. The van der Waals surface area contributed by atoms with E-state index in [1.54, 1.807) is 0 Å². The van der Waals surface area contributed by atoms with Crippen LogP contribution in [0.3, 0.4) is 0 Å². The van der Waals surface area contributed by atoms with E-state index in [-0.39, 0.29) is 12.6 Å². The van der Waals surface area contributed by atoms with Gasteiger partial charge in [0.2, 0.25) is 0 Å². The maximum Gasteiger partial charge on any atom is 0.128 e. The van der Waals surface area contributed by atoms with Crippen molar-refractivity contribution in [3.05, 3.63) is 35.4 Å². The monoisotopic (exact) mass is 228 g/mol. The summed E-state index contributed by atoms with van der Waals surface area (Å²) in [6.45, 7) is 5.05. The van der Waals surface area contributed by atoms with Crippen LogP contribution in [-0.2, 0) is 0 Å². The fourth-order valence-corrected chi connectivity index (χ4v) is 1.48. The summed E-state index contributed by atoms with van der Waals surface area (Å²) < 4.78 is 26.5. The number of nitrogens with two attached hydrogens (primary N) is 1. The number of hydrogen-bond donors (Lipinski definition) is 2. The van der Waals surface area contributed by atoms with Crippen LogP contribution in [0.5, 0.6) is 0 Å². The van der Waals surface area contributed by atoms with E-state index < -0.39 is 11.6 Å². The zero-order valence-electron chi connectivity index (χ0n) is 9.63. The molecule has 0 aliphatic heterocycles. The molecule has 1 atom stereocenters. The van der Waals surface area contributed by atoms with Crippen LogP contribution in [0.15, 0.2) is 18.2 Å². The van der Waals surface area contributed by atoms with Crippen LogP contribution in [0, 0.1) is 17.6 Å². The largest absolute Gasteiger partial charge is 0.329 e. The summed E-state index contributed by atoms with van der Waals surface area (Å²) in [5.74, 6) is -0.431. The highest BCUT2D eigenvalue weighted by Crippen LogP contribution is 2.17. The Bertz CT molecular complexity index is 340. The first-order chi connectivity index (χ1) is 7.54. The van der Waals surface area contributed by atoms with Crippen LogP contribution in [0.4, 0.5) is 8.78 Å². The van der Waals surface area contributed by atoms with Gasteiger partial charge in [-0.2, -0.15) is 0 Å². The first kappa shape index (κ1) is 13.1. The van der Waals surface area contributed by atoms with Crippen molar-refractivity contribution in [3.8, 4) is 0 Å². The van der Waals surface area contributed by atoms with E-state index in [2.05, 4.69) is 5.32 Å². The second-order valence-corrected chi connectivity index (χ2v) is 4.26. The first-order valence-electron chi connectivity index (χ1n) is 5.43. The van der Waals surface area contributed by atoms with Crippen LogP contribution >= 0.6 is 0 Å². The SMILES string of the molecule is CC(C)CNC(CN)c1cc(F)ccc1F. The molecule has 1 unspecified atom stereocenters. The third-order valence-corrected chi connectivity index (χ3v) is 2.34. The van der Waals surface area contributed by atoms with Crippen molar-refractivity contribution in [1.82, 2.24) is 5.32 Å². The Hall–Kier alpha value is -1.00. The van der Waals surface area contributed by atoms with Gasteiger partial charge in [-0.1, -0.05) is 13.8 Å². The van der Waals surface area contributed by atoms with Gasteiger partial charge in [-0.05, 0) is 30.7 Å². The van der Waals surface area contributed by atoms with Crippen molar-refractivity contribution < 1.29 is 8.78 Å². The second kappa shape index (κ2) is 5.92. The number of hydrogen-bond acceptors (Lipinski definition) is 2. The molecular formula is C12H18F2N2. The van der Waals surface area contributed by atoms with Gasteiger partial charge >= 0.3 is 0 Å². The fourth-order valence-electron chi connectivity index (χ4n) is 1.48. The third kappa shape index (κ3) is 3.54. The van der Waals surface area contributed by atoms with E-state index in [0.29, 0.717) is 11.5 Å². The number of halogens is 2. The lowest BCUT2D eigenvalue weighted by Crippen LogP contribution is -2.31. The van der Waals surface area contributed by atoms with Crippen molar-refractivity contribution in [1.29, 1.82) is 0 Å². The smallest absolute Gasteiger partial charge is 0.128 e. The fraction of sp³-hybridized carbons (Fsp3) is 0.500. The van der Waals surface area contributed by atoms with Gasteiger partial charge in [-0.3, -0.25) is 0 Å². The molecule has 3 N–H and O–H groups in total. The van der Waals surface area contributed by atoms with Crippen LogP contribution in [-0.4, -0.2) is 13.1 Å². The predicted molar refractivity (Wildman–Crippen MR) is 61.0 cm³/mol. The quantitative estimate of drug-likeness (QED) is 0.811. The van der Waals surface area contributed by atoms with Crippen LogP contribution in [0.2, 0.25) is 0 Å². The normalized spacial score (nSPS) is 13.1. The molecule has 0 aromatic heterocycles. The number of rotatable bonds is 5. The molecule has 0 aliphatic carbocycles. The van der Waals surface area contributed by atoms with Crippen molar-refractivity contribution in [2.45, 2.75) is 19.9 Å². The minimum absolute atomic E-state index is 0.243. The molecule has 0 spiro atoms. The van der Waals surface area contributed by atoms with Gasteiger partial charge in [0.15, 0.2) is 0 Å². The lowest BCUT2D eigenvalue weighted by Gasteiger charge is -2.19. The minimum Gasteiger partial charge on any atom is -0.329 e. The molecule has 0 aliphatic rings. The van der Waals surface area contributed by atoms with Gasteiger partial charge in [0.05, 0.1) is 0 Å². The molecule has 0 saturated heterocycles. The lowest BCUT2D eigenvalue weighted by atomic mass is 10.1. The highest BCUT2D eigenvalue weighted by molar-refractivity contribution is 5.22. The first-order valence-corrected chi connectivity index (χ1v) is 5.43. The van der Waals surface area contributed by atoms with E-state index in [9.17, 15) is 8.78 Å². The van der Waals surface area contributed by atoms with E-state index >= 15 is 0 Å². The third-order valence-electron chi connectivity index (χ3n) is 2.34. The molecule has 1 aromatic rings. The number of benzene rings is 1. The zero-order valence-corrected chi connectivity index (χ0v) is 9.63. The van der Waals surface area contributed by atoms with Crippen molar-refractivity contribution in [2.24, 2.45) is 11.7 Å². The number of nitrogens with one attached hydrogen (secondary N) is 1. The highest BCUT2D eigenvalue weighted by atomic mass is 19.1. The molecule has 1 aromatic carbocycles. The van der Waals surface area contributed by atoms with Crippen LogP contribution in [0.1, 0.15) is 25.5 Å². The topological polar surface area (TPSA) is 38.0 Å². The van der Waals surface area contributed by atoms with Crippen LogP contribution in [0.25, 0.3) is 0 Å². The Kier molecular flexibility index (Phi) is 4.83. The molecule has 90 valence electrons. The van der Waals surface area contributed by atoms with Gasteiger partial charge < -0.3 is 11.1 Å². The second-order valence-electron chi connectivity index (χ2n) is 4.26. The van der Waals surface area contributed by atoms with Gasteiger partial charge in [-0.25, -0.2) is 8.78 Å². The van der Waals surface area contributed by atoms with E-state index in [4.69, 9.17) is 5.73 Å². The van der Waals surface area contributed by atoms with Crippen molar-refractivity contribution in [3.63, 3.8) is 0 Å². The Balaban J connectivity index is 2.81. The Morgan fingerprint density at radius 1 is 1.31 bits per heavy atom. The molecule has 0 saturated carbocycles. The highest BCUT2D eigenvalue weighted by Gasteiger charge is 2.14. The molecule has 2 nitrogen and oxygen atoms in total. The molecule has 1 rings (SSSR count). The zero-order chi connectivity index (χ0) is 12.1. The molecule has 0 bridgehead atoms. The summed E-state index contributed by atoms with van der Waals surface area (Å²) in [5, 5.41) is 3.12. The Morgan fingerprint density at radius 3 is 2.56 bits per heavy atom. The molecule has 0 amide bonds. The lowest BCUT2D eigenvalue weighted by molar-refractivity contribution is 0.459. The van der Waals surface area contributed by atoms with Crippen molar-refractivity contribution in [2.75, 3.05) is 13.1 Å². The molecular weight excluding hydrogens is 210 g/mol. The van der Waals surface area contributed by atoms with Gasteiger partial charge in [0, 0.05) is 18.2 Å². The summed E-state index contributed by atoms with van der Waals surface area (Å²) >= 11 is 0. The summed E-state index contributed by atoms with van der Waals surface area (Å²) in [7, 11) is 0. The minimum atomic E-state index is -0.443. The Labute approximate surface area is 94.8 Å². The molecule has 0 radical (unpaired) electrons. The predicted octanol–water partition coefficient (Wildman–Crippen LogP) is 2.21. The van der Waals surface area contributed by atoms with E-state index in [0.717, 1.165) is 18.7 Å². The average molecular weight is 228 g/mol. The Morgan fingerprint density at radius 2 is 2.00 bits per heavy atom. The summed E-state index contributed by atoms with van der Waals surface area (Å²) in [5.41, 5.74) is 5.85. The van der Waals surface area contributed by atoms with Crippen molar-refractivity contribution >= 4 is 0 Å². The average Bonchev–Trinajstić information content (AvgIpc) is 2.23. The maximum absolute atomic E-state index is 13.5.